The minimum atomic E-state index is 0.634. The van der Waals surface area contributed by atoms with Gasteiger partial charge in [-0.05, 0) is 45.3 Å². The second-order valence-corrected chi connectivity index (χ2v) is 5.37. The van der Waals surface area contributed by atoms with Gasteiger partial charge in [0.1, 0.15) is 0 Å². The molecular weight excluding hydrogens is 186 g/mol. The molecule has 0 amide bonds. The van der Waals surface area contributed by atoms with Gasteiger partial charge in [-0.2, -0.15) is 0 Å². The molecule has 2 N–H and O–H groups in total. The van der Waals surface area contributed by atoms with Crippen molar-refractivity contribution in [1.29, 1.82) is 0 Å². The van der Waals surface area contributed by atoms with Crippen LogP contribution in [0.25, 0.3) is 0 Å². The Morgan fingerprint density at radius 2 is 2.07 bits per heavy atom. The first-order valence-electron chi connectivity index (χ1n) is 6.36. The van der Waals surface area contributed by atoms with Gasteiger partial charge in [0.15, 0.2) is 0 Å². The number of nitrogens with two attached hydrogens (primary N) is 1. The summed E-state index contributed by atoms with van der Waals surface area (Å²) in [5.41, 5.74) is 5.93. The van der Waals surface area contributed by atoms with E-state index in [1.54, 1.807) is 0 Å². The number of likely N-dealkylation sites (tertiary alicyclic amines) is 2. The van der Waals surface area contributed by atoms with Gasteiger partial charge in [-0.3, -0.25) is 4.90 Å². The van der Waals surface area contributed by atoms with E-state index >= 15 is 0 Å². The topological polar surface area (TPSA) is 32.5 Å². The van der Waals surface area contributed by atoms with Crippen molar-refractivity contribution in [2.24, 2.45) is 11.7 Å². The Kier molecular flexibility index (Phi) is 3.65. The number of rotatable bonds is 2. The van der Waals surface area contributed by atoms with E-state index in [-0.39, 0.29) is 0 Å². The standard InChI is InChI=1S/C12H25N3/c1-10-4-3-6-15(12(10)8-13)11-5-7-14(2)9-11/h10-12H,3-9,13H2,1-2H3. The van der Waals surface area contributed by atoms with Crippen LogP contribution in [0.5, 0.6) is 0 Å². The average molecular weight is 211 g/mol. The first-order valence-corrected chi connectivity index (χ1v) is 6.36. The third-order valence-electron chi connectivity index (χ3n) is 4.24. The van der Waals surface area contributed by atoms with Gasteiger partial charge in [-0.1, -0.05) is 6.92 Å². The molecule has 0 aromatic carbocycles. The second-order valence-electron chi connectivity index (χ2n) is 5.37. The number of nitrogens with zero attached hydrogens (tertiary/aromatic N) is 2. The SMILES string of the molecule is CC1CCCN(C2CCN(C)C2)C1CN. The highest BCUT2D eigenvalue weighted by atomic mass is 15.3. The summed E-state index contributed by atoms with van der Waals surface area (Å²) in [6, 6.07) is 1.40. The molecule has 3 unspecified atom stereocenters. The van der Waals surface area contributed by atoms with Crippen molar-refractivity contribution in [3.8, 4) is 0 Å². The van der Waals surface area contributed by atoms with Crippen LogP contribution in [0.15, 0.2) is 0 Å². The maximum Gasteiger partial charge on any atom is 0.0247 e. The number of hydrogen-bond donors (Lipinski definition) is 1. The second kappa shape index (κ2) is 4.81. The Balaban J connectivity index is 1.99. The molecule has 0 radical (unpaired) electrons. The highest BCUT2D eigenvalue weighted by Crippen LogP contribution is 2.27. The summed E-state index contributed by atoms with van der Waals surface area (Å²) in [6.07, 6.45) is 4.05. The fraction of sp³-hybridized carbons (Fsp3) is 1.00. The molecule has 0 aliphatic carbocycles. The molecule has 0 aromatic heterocycles. The van der Waals surface area contributed by atoms with E-state index < -0.39 is 0 Å². The number of hydrogen-bond acceptors (Lipinski definition) is 3. The van der Waals surface area contributed by atoms with Crippen LogP contribution in [-0.4, -0.2) is 55.1 Å². The van der Waals surface area contributed by atoms with Gasteiger partial charge in [0.25, 0.3) is 0 Å². The first-order chi connectivity index (χ1) is 7.22. The van der Waals surface area contributed by atoms with E-state index in [0.717, 1.165) is 18.5 Å². The zero-order valence-corrected chi connectivity index (χ0v) is 10.2. The van der Waals surface area contributed by atoms with Crippen molar-refractivity contribution in [2.75, 3.05) is 33.2 Å². The van der Waals surface area contributed by atoms with E-state index in [4.69, 9.17) is 5.73 Å². The van der Waals surface area contributed by atoms with Crippen molar-refractivity contribution in [1.82, 2.24) is 9.80 Å². The largest absolute Gasteiger partial charge is 0.329 e. The molecule has 2 heterocycles. The van der Waals surface area contributed by atoms with E-state index in [1.807, 2.05) is 0 Å². The lowest BCUT2D eigenvalue weighted by Crippen LogP contribution is -2.53. The van der Waals surface area contributed by atoms with Crippen molar-refractivity contribution in [3.05, 3.63) is 0 Å². The predicted molar refractivity (Wildman–Crippen MR) is 63.8 cm³/mol. The molecule has 15 heavy (non-hydrogen) atoms. The smallest absolute Gasteiger partial charge is 0.0247 e. The van der Waals surface area contributed by atoms with Gasteiger partial charge in [0, 0.05) is 25.2 Å². The molecule has 0 bridgehead atoms. The van der Waals surface area contributed by atoms with Crippen molar-refractivity contribution >= 4 is 0 Å². The van der Waals surface area contributed by atoms with E-state index in [0.29, 0.717) is 6.04 Å². The fourth-order valence-corrected chi connectivity index (χ4v) is 3.28. The monoisotopic (exact) mass is 211 g/mol. The lowest BCUT2D eigenvalue weighted by Gasteiger charge is -2.43. The normalized spacial score (nSPS) is 39.8. The Bertz CT molecular complexity index is 207. The van der Waals surface area contributed by atoms with Gasteiger partial charge in [0.05, 0.1) is 0 Å². The lowest BCUT2D eigenvalue weighted by molar-refractivity contribution is 0.0660. The quantitative estimate of drug-likeness (QED) is 0.731. The Morgan fingerprint density at radius 1 is 1.27 bits per heavy atom. The predicted octanol–water partition coefficient (Wildman–Crippen LogP) is 0.750. The summed E-state index contributed by atoms with van der Waals surface area (Å²) in [6.45, 7) is 6.96. The van der Waals surface area contributed by atoms with E-state index in [9.17, 15) is 0 Å². The zero-order valence-electron chi connectivity index (χ0n) is 10.2. The Morgan fingerprint density at radius 3 is 2.67 bits per heavy atom. The molecule has 88 valence electrons. The maximum atomic E-state index is 5.93. The van der Waals surface area contributed by atoms with Crippen LogP contribution in [0, 0.1) is 5.92 Å². The van der Waals surface area contributed by atoms with Crippen LogP contribution in [0.4, 0.5) is 0 Å². The van der Waals surface area contributed by atoms with Gasteiger partial charge < -0.3 is 10.6 Å². The van der Waals surface area contributed by atoms with Gasteiger partial charge in [0.2, 0.25) is 0 Å². The van der Waals surface area contributed by atoms with Gasteiger partial charge >= 0.3 is 0 Å². The molecule has 2 fully saturated rings. The number of likely N-dealkylation sites (N-methyl/N-ethyl adjacent to an activating group) is 1. The fourth-order valence-electron chi connectivity index (χ4n) is 3.28. The average Bonchev–Trinajstić information content (AvgIpc) is 2.64. The molecule has 0 aromatic rings. The first kappa shape index (κ1) is 11.4. The molecule has 0 saturated carbocycles. The summed E-state index contributed by atoms with van der Waals surface area (Å²) in [4.78, 5) is 5.13. The van der Waals surface area contributed by atoms with E-state index in [2.05, 4.69) is 23.8 Å². The Hall–Kier alpha value is -0.120. The molecule has 3 heteroatoms. The highest BCUT2D eigenvalue weighted by Gasteiger charge is 2.34. The molecule has 0 spiro atoms. The van der Waals surface area contributed by atoms with Crippen molar-refractivity contribution < 1.29 is 0 Å². The van der Waals surface area contributed by atoms with Gasteiger partial charge in [-0.15, -0.1) is 0 Å². The molecule has 3 nitrogen and oxygen atoms in total. The minimum Gasteiger partial charge on any atom is -0.329 e. The molecule has 2 aliphatic heterocycles. The molecule has 3 atom stereocenters. The Labute approximate surface area is 93.6 Å². The zero-order chi connectivity index (χ0) is 10.8. The van der Waals surface area contributed by atoms with E-state index in [1.165, 1.54) is 38.9 Å². The van der Waals surface area contributed by atoms with Crippen LogP contribution in [0.2, 0.25) is 0 Å². The van der Waals surface area contributed by atoms with Crippen LogP contribution in [-0.2, 0) is 0 Å². The molecule has 2 rings (SSSR count). The third-order valence-corrected chi connectivity index (χ3v) is 4.24. The molecule has 2 saturated heterocycles. The summed E-state index contributed by atoms with van der Waals surface area (Å²) < 4.78 is 0. The summed E-state index contributed by atoms with van der Waals surface area (Å²) in [5, 5.41) is 0. The van der Waals surface area contributed by atoms with Crippen LogP contribution >= 0.6 is 0 Å². The maximum absolute atomic E-state index is 5.93. The van der Waals surface area contributed by atoms with Crippen molar-refractivity contribution in [2.45, 2.75) is 38.3 Å². The summed E-state index contributed by atoms with van der Waals surface area (Å²) >= 11 is 0. The molecular formula is C12H25N3. The number of piperidine rings is 1. The minimum absolute atomic E-state index is 0.634. The summed E-state index contributed by atoms with van der Waals surface area (Å²) in [5.74, 6) is 0.787. The van der Waals surface area contributed by atoms with Crippen LogP contribution in [0.1, 0.15) is 26.2 Å². The third kappa shape index (κ3) is 2.35. The summed E-state index contributed by atoms with van der Waals surface area (Å²) in [7, 11) is 2.23. The van der Waals surface area contributed by atoms with Crippen molar-refractivity contribution in [3.63, 3.8) is 0 Å². The van der Waals surface area contributed by atoms with Gasteiger partial charge in [-0.25, -0.2) is 0 Å². The lowest BCUT2D eigenvalue weighted by atomic mass is 9.89. The highest BCUT2D eigenvalue weighted by molar-refractivity contribution is 4.90. The van der Waals surface area contributed by atoms with Crippen LogP contribution < -0.4 is 5.73 Å². The van der Waals surface area contributed by atoms with Crippen LogP contribution in [0.3, 0.4) is 0 Å². The molecule has 2 aliphatic rings.